The van der Waals surface area contributed by atoms with Gasteiger partial charge in [0.25, 0.3) is 0 Å². The van der Waals surface area contributed by atoms with Crippen molar-refractivity contribution in [2.45, 2.75) is 6.17 Å². The summed E-state index contributed by atoms with van der Waals surface area (Å²) in [6.07, 6.45) is -2.41. The van der Waals surface area contributed by atoms with E-state index in [1.807, 2.05) is 0 Å². The number of nitrogens with one attached hydrogen (secondary N) is 1. The molecule has 12 heteroatoms. The van der Waals surface area contributed by atoms with Gasteiger partial charge in [0.2, 0.25) is 0 Å². The molecule has 1 rings (SSSR count). The molecule has 1 aromatic rings. The molecule has 1 heterocycles. The van der Waals surface area contributed by atoms with E-state index in [-0.39, 0.29) is 0 Å². The molecular weight excluding hydrogens is 216 g/mol. The van der Waals surface area contributed by atoms with Crippen LogP contribution in [0.3, 0.4) is 0 Å². The SMILES string of the molecule is O=[N+]([O-])c1nc(C([N+](=O)[O-])[N+](=O)[O-])n[nH]1. The topological polar surface area (TPSA) is 171 Å². The second-order valence-corrected chi connectivity index (χ2v) is 2.22. The third-order valence-corrected chi connectivity index (χ3v) is 1.29. The van der Waals surface area contributed by atoms with Crippen LogP contribution in [0, 0.1) is 30.3 Å². The van der Waals surface area contributed by atoms with E-state index in [1.54, 1.807) is 5.10 Å². The van der Waals surface area contributed by atoms with E-state index in [1.165, 1.54) is 0 Å². The molecule has 0 unspecified atom stereocenters. The van der Waals surface area contributed by atoms with Gasteiger partial charge in [0, 0.05) is 0 Å². The molecule has 15 heavy (non-hydrogen) atoms. The molecular formula is C3H2N6O6. The smallest absolute Gasteiger partial charge is 0.390 e. The molecule has 0 aliphatic rings. The predicted octanol–water partition coefficient (Wildman–Crippen LogP) is -0.735. The highest BCUT2D eigenvalue weighted by molar-refractivity contribution is 5.02. The van der Waals surface area contributed by atoms with Gasteiger partial charge in [0.15, 0.2) is 0 Å². The number of hydrogen-bond donors (Lipinski definition) is 1. The fraction of sp³-hybridized carbons (Fsp3) is 0.333. The fourth-order valence-electron chi connectivity index (χ4n) is 0.728. The van der Waals surface area contributed by atoms with Crippen LogP contribution in [0.2, 0.25) is 0 Å². The first-order valence-electron chi connectivity index (χ1n) is 3.27. The van der Waals surface area contributed by atoms with Gasteiger partial charge in [-0.1, -0.05) is 5.10 Å². The third-order valence-electron chi connectivity index (χ3n) is 1.29. The van der Waals surface area contributed by atoms with E-state index >= 15 is 0 Å². The first kappa shape index (κ1) is 10.4. The Morgan fingerprint density at radius 3 is 2.00 bits per heavy atom. The summed E-state index contributed by atoms with van der Waals surface area (Å²) in [5.41, 5.74) is 0. The van der Waals surface area contributed by atoms with Gasteiger partial charge in [0.1, 0.15) is 9.85 Å². The molecule has 12 nitrogen and oxygen atoms in total. The largest absolute Gasteiger partial charge is 0.527 e. The van der Waals surface area contributed by atoms with Crippen LogP contribution in [-0.2, 0) is 0 Å². The summed E-state index contributed by atoms with van der Waals surface area (Å²) in [5, 5.41) is 35.3. The molecule has 0 atom stereocenters. The summed E-state index contributed by atoms with van der Waals surface area (Å²) >= 11 is 0. The summed E-state index contributed by atoms with van der Waals surface area (Å²) in [4.78, 5) is 30.0. The normalized spacial score (nSPS) is 10.2. The van der Waals surface area contributed by atoms with Crippen LogP contribution in [0.15, 0.2) is 0 Å². The van der Waals surface area contributed by atoms with Crippen LogP contribution in [0.25, 0.3) is 0 Å². The van der Waals surface area contributed by atoms with Crippen LogP contribution in [0.5, 0.6) is 0 Å². The summed E-state index contributed by atoms with van der Waals surface area (Å²) in [6.45, 7) is 0. The number of nitro groups is 3. The van der Waals surface area contributed by atoms with Crippen molar-refractivity contribution >= 4 is 5.95 Å². The molecule has 0 fully saturated rings. The average Bonchev–Trinajstić information content (AvgIpc) is 2.51. The fourth-order valence-corrected chi connectivity index (χ4v) is 0.728. The molecule has 0 bridgehead atoms. The lowest BCUT2D eigenvalue weighted by molar-refractivity contribution is -0.754. The van der Waals surface area contributed by atoms with Crippen LogP contribution in [-0.4, -0.2) is 30.0 Å². The van der Waals surface area contributed by atoms with Crippen molar-refractivity contribution in [1.29, 1.82) is 0 Å². The van der Waals surface area contributed by atoms with Gasteiger partial charge in [-0.2, -0.15) is 0 Å². The molecule has 0 saturated carbocycles. The van der Waals surface area contributed by atoms with Crippen LogP contribution in [0.1, 0.15) is 12.0 Å². The number of hydrogen-bond acceptors (Lipinski definition) is 8. The monoisotopic (exact) mass is 218 g/mol. The maximum absolute atomic E-state index is 10.2. The number of aromatic nitrogens is 3. The Kier molecular flexibility index (Phi) is 2.50. The van der Waals surface area contributed by atoms with Crippen molar-refractivity contribution < 1.29 is 14.8 Å². The minimum absolute atomic E-state index is 0.864. The zero-order valence-electron chi connectivity index (χ0n) is 6.76. The molecule has 1 aromatic heterocycles. The minimum atomic E-state index is -2.41. The standard InChI is InChI=1S/C3H2N6O6/c10-7(11)2(8(12)13)1-4-3(6-5-1)9(14)15/h2H,(H,4,5,6). The van der Waals surface area contributed by atoms with Gasteiger partial charge < -0.3 is 10.1 Å². The average molecular weight is 218 g/mol. The molecule has 80 valence electrons. The Labute approximate surface area is 79.4 Å². The van der Waals surface area contributed by atoms with E-state index in [4.69, 9.17) is 0 Å². The first-order valence-corrected chi connectivity index (χ1v) is 3.27. The molecule has 0 aromatic carbocycles. The van der Waals surface area contributed by atoms with Crippen LogP contribution < -0.4 is 0 Å². The minimum Gasteiger partial charge on any atom is -0.390 e. The van der Waals surface area contributed by atoms with Crippen LogP contribution in [0.4, 0.5) is 5.95 Å². The second kappa shape index (κ2) is 3.60. The number of H-pyrrole nitrogens is 1. The predicted molar refractivity (Wildman–Crippen MR) is 39.8 cm³/mol. The lowest BCUT2D eigenvalue weighted by atomic mass is 10.5. The number of nitrogens with zero attached hydrogens (tertiary/aromatic N) is 5. The van der Waals surface area contributed by atoms with Crippen molar-refractivity contribution in [3.63, 3.8) is 0 Å². The maximum Gasteiger partial charge on any atom is 0.527 e. The third kappa shape index (κ3) is 1.98. The van der Waals surface area contributed by atoms with E-state index in [0.29, 0.717) is 0 Å². The van der Waals surface area contributed by atoms with Crippen molar-refractivity contribution in [2.75, 3.05) is 0 Å². The lowest BCUT2D eigenvalue weighted by Gasteiger charge is -1.92. The summed E-state index contributed by atoms with van der Waals surface area (Å²) in [6, 6.07) is 0. The number of rotatable bonds is 4. The second-order valence-electron chi connectivity index (χ2n) is 2.22. The summed E-state index contributed by atoms with van der Waals surface area (Å²) in [7, 11) is 0. The summed E-state index contributed by atoms with van der Waals surface area (Å²) in [5.74, 6) is -1.75. The molecule has 0 spiro atoms. The quantitative estimate of drug-likeness (QED) is 0.391. The van der Waals surface area contributed by atoms with E-state index < -0.39 is 32.7 Å². The lowest BCUT2D eigenvalue weighted by Crippen LogP contribution is -2.21. The molecule has 0 aliphatic carbocycles. The highest BCUT2D eigenvalue weighted by Crippen LogP contribution is 2.14. The Balaban J connectivity index is 3.07. The highest BCUT2D eigenvalue weighted by atomic mass is 16.7. The van der Waals surface area contributed by atoms with Gasteiger partial charge >= 0.3 is 17.9 Å². The van der Waals surface area contributed by atoms with Crippen molar-refractivity contribution in [3.05, 3.63) is 36.2 Å². The van der Waals surface area contributed by atoms with Crippen LogP contribution >= 0.6 is 0 Å². The Morgan fingerprint density at radius 1 is 1.13 bits per heavy atom. The number of aromatic amines is 1. The molecule has 0 aliphatic heterocycles. The van der Waals surface area contributed by atoms with Crippen molar-refractivity contribution in [1.82, 2.24) is 15.2 Å². The molecule has 0 amide bonds. The maximum atomic E-state index is 10.2. The Morgan fingerprint density at radius 2 is 1.67 bits per heavy atom. The van der Waals surface area contributed by atoms with Crippen molar-refractivity contribution in [2.24, 2.45) is 0 Å². The van der Waals surface area contributed by atoms with E-state index in [0.717, 1.165) is 0 Å². The summed E-state index contributed by atoms with van der Waals surface area (Å²) < 4.78 is 0. The van der Waals surface area contributed by atoms with Gasteiger partial charge in [-0.3, -0.25) is 20.2 Å². The first-order chi connectivity index (χ1) is 6.93. The zero-order valence-corrected chi connectivity index (χ0v) is 6.76. The van der Waals surface area contributed by atoms with Gasteiger partial charge in [-0.15, -0.1) is 5.10 Å². The molecule has 0 radical (unpaired) electrons. The molecule has 0 saturated heterocycles. The van der Waals surface area contributed by atoms with Gasteiger partial charge in [-0.25, -0.2) is 0 Å². The van der Waals surface area contributed by atoms with E-state index in [9.17, 15) is 30.3 Å². The molecule has 1 N–H and O–H groups in total. The zero-order chi connectivity index (χ0) is 11.6. The Bertz CT molecular complexity index is 410. The Hall–Kier alpha value is -2.66. The van der Waals surface area contributed by atoms with E-state index in [2.05, 4.69) is 10.1 Å². The highest BCUT2D eigenvalue weighted by Gasteiger charge is 2.43. The van der Waals surface area contributed by atoms with Crippen molar-refractivity contribution in [3.8, 4) is 0 Å². The van der Waals surface area contributed by atoms with Gasteiger partial charge in [-0.05, 0) is 9.91 Å². The van der Waals surface area contributed by atoms with Gasteiger partial charge in [0.05, 0.1) is 0 Å².